The zero-order valence-corrected chi connectivity index (χ0v) is 12.3. The van der Waals surface area contributed by atoms with Crippen molar-refractivity contribution in [3.05, 3.63) is 24.3 Å². The molecule has 1 amide bonds. The molecule has 0 unspecified atom stereocenters. The Kier molecular flexibility index (Phi) is 6.20. The molecule has 0 aromatic heterocycles. The summed E-state index contributed by atoms with van der Waals surface area (Å²) in [6.07, 6.45) is -0.481. The maximum absolute atomic E-state index is 12.0. The number of hydrogen-bond acceptors (Lipinski definition) is 4. The molecule has 2 N–H and O–H groups in total. The van der Waals surface area contributed by atoms with Crippen LogP contribution in [0.1, 0.15) is 20.8 Å². The third-order valence-corrected chi connectivity index (χ3v) is 2.20. The number of rotatable bonds is 6. The fourth-order valence-electron chi connectivity index (χ4n) is 1.44. The zero-order chi connectivity index (χ0) is 15.9. The van der Waals surface area contributed by atoms with Gasteiger partial charge in [0.15, 0.2) is 0 Å². The average molecular weight is 302 g/mol. The topological polar surface area (TPSA) is 59.6 Å². The van der Waals surface area contributed by atoms with Crippen LogP contribution in [0.4, 0.5) is 19.3 Å². The maximum atomic E-state index is 12.0. The minimum absolute atomic E-state index is 0.0995. The van der Waals surface area contributed by atoms with E-state index in [1.165, 1.54) is 12.1 Å². The van der Waals surface area contributed by atoms with Crippen LogP contribution in [0.5, 0.6) is 5.75 Å². The van der Waals surface area contributed by atoms with Gasteiger partial charge in [-0.2, -0.15) is 8.78 Å². The molecule has 0 atom stereocenters. The van der Waals surface area contributed by atoms with Crippen LogP contribution in [0, 0.1) is 0 Å². The molecule has 0 bridgehead atoms. The summed E-state index contributed by atoms with van der Waals surface area (Å²) in [5.41, 5.74) is 0.209. The van der Waals surface area contributed by atoms with Gasteiger partial charge in [0.1, 0.15) is 11.4 Å². The number of amides is 1. The number of benzene rings is 1. The first-order chi connectivity index (χ1) is 9.76. The average Bonchev–Trinajstić information content (AvgIpc) is 2.34. The normalized spacial score (nSPS) is 11.1. The summed E-state index contributed by atoms with van der Waals surface area (Å²) in [5, 5.41) is 5.63. The van der Waals surface area contributed by atoms with Gasteiger partial charge in [-0.3, -0.25) is 0 Å². The van der Waals surface area contributed by atoms with Crippen LogP contribution in [0.25, 0.3) is 0 Å². The number of ether oxygens (including phenoxy) is 2. The molecule has 0 aliphatic heterocycles. The summed E-state index contributed by atoms with van der Waals surface area (Å²) >= 11 is 0. The van der Waals surface area contributed by atoms with Gasteiger partial charge in [0.05, 0.1) is 0 Å². The minimum atomic E-state index is -2.83. The second-order valence-electron chi connectivity index (χ2n) is 5.26. The summed E-state index contributed by atoms with van der Waals surface area (Å²) in [5.74, 6) is 0.0995. The van der Waals surface area contributed by atoms with Gasteiger partial charge < -0.3 is 20.1 Å². The fraction of sp³-hybridized carbons (Fsp3) is 0.500. The Hall–Kier alpha value is -2.05. The predicted molar refractivity (Wildman–Crippen MR) is 75.8 cm³/mol. The Morgan fingerprint density at radius 1 is 1.19 bits per heavy atom. The van der Waals surface area contributed by atoms with Crippen molar-refractivity contribution in [3.63, 3.8) is 0 Å². The van der Waals surface area contributed by atoms with E-state index in [2.05, 4.69) is 15.4 Å². The standard InChI is InChI=1S/C14H20F2N2O3/c1-14(2,3)21-13(19)18-9-8-17-10-4-6-11(7-5-10)20-12(15)16/h4-7,12,17H,8-9H2,1-3H3,(H,18,19). The summed E-state index contributed by atoms with van der Waals surface area (Å²) < 4.78 is 33.3. The fourth-order valence-corrected chi connectivity index (χ4v) is 1.44. The molecular weight excluding hydrogens is 282 g/mol. The number of hydrogen-bond donors (Lipinski definition) is 2. The van der Waals surface area contributed by atoms with Crippen LogP contribution in [0.3, 0.4) is 0 Å². The lowest BCUT2D eigenvalue weighted by Gasteiger charge is -2.19. The Balaban J connectivity index is 2.25. The number of carbonyl (C=O) groups excluding carboxylic acids is 1. The lowest BCUT2D eigenvalue weighted by molar-refractivity contribution is -0.0498. The van der Waals surface area contributed by atoms with E-state index in [1.807, 2.05) is 0 Å². The quantitative estimate of drug-likeness (QED) is 0.792. The van der Waals surface area contributed by atoms with Gasteiger partial charge in [-0.25, -0.2) is 4.79 Å². The first kappa shape index (κ1) is 17.0. The Morgan fingerprint density at radius 3 is 2.33 bits per heavy atom. The van der Waals surface area contributed by atoms with Crippen molar-refractivity contribution in [2.45, 2.75) is 33.0 Å². The molecule has 0 saturated heterocycles. The van der Waals surface area contributed by atoms with E-state index in [0.717, 1.165) is 5.69 Å². The number of carbonyl (C=O) groups is 1. The van der Waals surface area contributed by atoms with Gasteiger partial charge in [-0.1, -0.05) is 0 Å². The molecule has 0 radical (unpaired) electrons. The van der Waals surface area contributed by atoms with Crippen molar-refractivity contribution in [1.82, 2.24) is 5.32 Å². The van der Waals surface area contributed by atoms with E-state index >= 15 is 0 Å². The maximum Gasteiger partial charge on any atom is 0.407 e. The lowest BCUT2D eigenvalue weighted by Crippen LogP contribution is -2.34. The Labute approximate surface area is 122 Å². The van der Waals surface area contributed by atoms with E-state index in [9.17, 15) is 13.6 Å². The van der Waals surface area contributed by atoms with Crippen LogP contribution >= 0.6 is 0 Å². The highest BCUT2D eigenvalue weighted by Gasteiger charge is 2.15. The molecule has 0 aliphatic rings. The van der Waals surface area contributed by atoms with Gasteiger partial charge in [-0.15, -0.1) is 0 Å². The monoisotopic (exact) mass is 302 g/mol. The molecular formula is C14H20F2N2O3. The van der Waals surface area contributed by atoms with Crippen molar-refractivity contribution in [1.29, 1.82) is 0 Å². The largest absolute Gasteiger partial charge is 0.444 e. The van der Waals surface area contributed by atoms with Crippen molar-refractivity contribution in [3.8, 4) is 5.75 Å². The summed E-state index contributed by atoms with van der Waals surface area (Å²) in [6, 6.07) is 6.11. The molecule has 1 aromatic rings. The van der Waals surface area contributed by atoms with E-state index in [1.54, 1.807) is 32.9 Å². The smallest absolute Gasteiger partial charge is 0.407 e. The third-order valence-electron chi connectivity index (χ3n) is 2.20. The van der Waals surface area contributed by atoms with E-state index in [-0.39, 0.29) is 5.75 Å². The molecule has 7 heteroatoms. The molecule has 0 heterocycles. The van der Waals surface area contributed by atoms with Crippen molar-refractivity contribution < 1.29 is 23.0 Å². The van der Waals surface area contributed by atoms with E-state index in [4.69, 9.17) is 4.74 Å². The number of alkyl carbamates (subject to hydrolysis) is 1. The molecule has 0 fully saturated rings. The molecule has 21 heavy (non-hydrogen) atoms. The van der Waals surface area contributed by atoms with Crippen LogP contribution in [-0.4, -0.2) is 31.4 Å². The van der Waals surface area contributed by atoms with Crippen LogP contribution < -0.4 is 15.4 Å². The second-order valence-corrected chi connectivity index (χ2v) is 5.26. The highest BCUT2D eigenvalue weighted by atomic mass is 19.3. The van der Waals surface area contributed by atoms with Crippen molar-refractivity contribution >= 4 is 11.8 Å². The molecule has 0 spiro atoms. The predicted octanol–water partition coefficient (Wildman–Crippen LogP) is 3.22. The van der Waals surface area contributed by atoms with Crippen molar-refractivity contribution in [2.24, 2.45) is 0 Å². The molecule has 5 nitrogen and oxygen atoms in total. The molecule has 0 aliphatic carbocycles. The van der Waals surface area contributed by atoms with Gasteiger partial charge in [0.25, 0.3) is 0 Å². The third kappa shape index (κ3) is 7.96. The molecule has 1 aromatic carbocycles. The first-order valence-electron chi connectivity index (χ1n) is 6.52. The lowest BCUT2D eigenvalue weighted by atomic mass is 10.2. The Bertz CT molecular complexity index is 445. The highest BCUT2D eigenvalue weighted by Crippen LogP contribution is 2.17. The van der Waals surface area contributed by atoms with E-state index in [0.29, 0.717) is 13.1 Å². The number of alkyl halides is 2. The van der Waals surface area contributed by atoms with E-state index < -0.39 is 18.3 Å². The molecule has 0 saturated carbocycles. The number of nitrogens with one attached hydrogen (secondary N) is 2. The van der Waals surface area contributed by atoms with Crippen LogP contribution in [0.2, 0.25) is 0 Å². The van der Waals surface area contributed by atoms with Crippen LogP contribution in [0.15, 0.2) is 24.3 Å². The minimum Gasteiger partial charge on any atom is -0.444 e. The summed E-state index contributed by atoms with van der Waals surface area (Å²) in [6.45, 7) is 3.38. The second kappa shape index (κ2) is 7.66. The summed E-state index contributed by atoms with van der Waals surface area (Å²) in [7, 11) is 0. The van der Waals surface area contributed by atoms with Crippen LogP contribution in [-0.2, 0) is 4.74 Å². The van der Waals surface area contributed by atoms with Crippen molar-refractivity contribution in [2.75, 3.05) is 18.4 Å². The van der Waals surface area contributed by atoms with Gasteiger partial charge >= 0.3 is 12.7 Å². The van der Waals surface area contributed by atoms with Gasteiger partial charge in [0.2, 0.25) is 0 Å². The van der Waals surface area contributed by atoms with Gasteiger partial charge in [-0.05, 0) is 45.0 Å². The summed E-state index contributed by atoms with van der Waals surface area (Å²) in [4.78, 5) is 11.4. The number of anilines is 1. The SMILES string of the molecule is CC(C)(C)OC(=O)NCCNc1ccc(OC(F)F)cc1. The highest BCUT2D eigenvalue weighted by molar-refractivity contribution is 5.67. The first-order valence-corrected chi connectivity index (χ1v) is 6.52. The molecule has 1 rings (SSSR count). The zero-order valence-electron chi connectivity index (χ0n) is 12.3. The molecule has 118 valence electrons. The Morgan fingerprint density at radius 2 is 1.81 bits per heavy atom. The van der Waals surface area contributed by atoms with Gasteiger partial charge in [0, 0.05) is 18.8 Å². The number of halogens is 2.